The van der Waals surface area contributed by atoms with Gasteiger partial charge >= 0.3 is 0 Å². The van der Waals surface area contributed by atoms with Gasteiger partial charge in [0.2, 0.25) is 0 Å². The quantitative estimate of drug-likeness (QED) is 0.812. The van der Waals surface area contributed by atoms with Crippen LogP contribution in [0.1, 0.15) is 13.3 Å². The van der Waals surface area contributed by atoms with Crippen LogP contribution in [0.4, 0.5) is 5.69 Å². The van der Waals surface area contributed by atoms with E-state index >= 15 is 0 Å². The molecule has 0 saturated heterocycles. The van der Waals surface area contributed by atoms with E-state index in [1.165, 1.54) is 0 Å². The van der Waals surface area contributed by atoms with Crippen molar-refractivity contribution in [1.82, 2.24) is 0 Å². The van der Waals surface area contributed by atoms with E-state index in [2.05, 4.69) is 16.8 Å². The summed E-state index contributed by atoms with van der Waals surface area (Å²) in [5.41, 5.74) is 7.10. The molecule has 1 aliphatic heterocycles. The maximum atomic E-state index is 6.01. The van der Waals surface area contributed by atoms with Crippen LogP contribution >= 0.6 is 11.8 Å². The first-order valence-electron chi connectivity index (χ1n) is 6.57. The molecular weight excluding hydrogens is 258 g/mol. The van der Waals surface area contributed by atoms with Crippen LogP contribution in [-0.2, 0) is 0 Å². The minimum atomic E-state index is 0.382. The third-order valence-electron chi connectivity index (χ3n) is 3.23. The summed E-state index contributed by atoms with van der Waals surface area (Å²) in [4.78, 5) is 6.51. The topological polar surface area (TPSA) is 50.8 Å². The van der Waals surface area contributed by atoms with Crippen molar-refractivity contribution in [3.8, 4) is 5.75 Å². The lowest BCUT2D eigenvalue weighted by molar-refractivity contribution is 0.415. The summed E-state index contributed by atoms with van der Waals surface area (Å²) in [5, 5.41) is 0. The van der Waals surface area contributed by atoms with Gasteiger partial charge in [0.15, 0.2) is 5.96 Å². The first kappa shape index (κ1) is 14.1. The molecule has 5 heteroatoms. The van der Waals surface area contributed by atoms with Gasteiger partial charge in [0.1, 0.15) is 5.75 Å². The summed E-state index contributed by atoms with van der Waals surface area (Å²) in [6, 6.07) is 8.36. The Morgan fingerprint density at radius 3 is 2.79 bits per heavy atom. The number of methoxy groups -OCH3 is 1. The highest BCUT2D eigenvalue weighted by molar-refractivity contribution is 7.99. The zero-order chi connectivity index (χ0) is 13.7. The van der Waals surface area contributed by atoms with Crippen LogP contribution in [0.2, 0.25) is 0 Å². The molecule has 1 aromatic carbocycles. The lowest BCUT2D eigenvalue weighted by Gasteiger charge is -2.26. The second-order valence-corrected chi connectivity index (χ2v) is 5.80. The average molecular weight is 279 g/mol. The van der Waals surface area contributed by atoms with Gasteiger partial charge in [0.25, 0.3) is 0 Å². The molecule has 19 heavy (non-hydrogen) atoms. The molecule has 1 aromatic rings. The fraction of sp³-hybridized carbons (Fsp3) is 0.500. The molecule has 0 fully saturated rings. The van der Waals surface area contributed by atoms with E-state index in [0.29, 0.717) is 12.0 Å². The largest absolute Gasteiger partial charge is 0.497 e. The van der Waals surface area contributed by atoms with Crippen molar-refractivity contribution in [3.05, 3.63) is 24.3 Å². The minimum absolute atomic E-state index is 0.382. The minimum Gasteiger partial charge on any atom is -0.497 e. The SMILES string of the molecule is CCSCCC1CN=C(N)N1c1ccc(OC)cc1. The first-order valence-corrected chi connectivity index (χ1v) is 7.72. The molecule has 1 atom stereocenters. The van der Waals surface area contributed by atoms with Crippen LogP contribution in [0.5, 0.6) is 5.75 Å². The van der Waals surface area contributed by atoms with Crippen molar-refractivity contribution in [2.75, 3.05) is 30.1 Å². The van der Waals surface area contributed by atoms with Gasteiger partial charge in [0, 0.05) is 5.69 Å². The first-order chi connectivity index (χ1) is 9.26. The zero-order valence-corrected chi connectivity index (χ0v) is 12.3. The predicted molar refractivity (Wildman–Crippen MR) is 83.4 cm³/mol. The van der Waals surface area contributed by atoms with Crippen molar-refractivity contribution in [2.45, 2.75) is 19.4 Å². The number of nitrogens with zero attached hydrogens (tertiary/aromatic N) is 2. The number of hydrogen-bond acceptors (Lipinski definition) is 5. The Kier molecular flexibility index (Phi) is 4.96. The average Bonchev–Trinajstić information content (AvgIpc) is 2.80. The van der Waals surface area contributed by atoms with Crippen molar-refractivity contribution in [1.29, 1.82) is 0 Å². The monoisotopic (exact) mass is 279 g/mol. The number of thioether (sulfide) groups is 1. The third-order valence-corrected chi connectivity index (χ3v) is 4.16. The van der Waals surface area contributed by atoms with E-state index in [1.807, 2.05) is 36.0 Å². The number of nitrogens with two attached hydrogens (primary N) is 1. The third kappa shape index (κ3) is 3.35. The highest BCUT2D eigenvalue weighted by Crippen LogP contribution is 2.25. The van der Waals surface area contributed by atoms with E-state index in [0.717, 1.165) is 35.9 Å². The summed E-state index contributed by atoms with van der Waals surface area (Å²) in [6.07, 6.45) is 1.11. The van der Waals surface area contributed by atoms with E-state index in [4.69, 9.17) is 10.5 Å². The Morgan fingerprint density at radius 2 is 2.16 bits per heavy atom. The number of benzene rings is 1. The molecule has 1 heterocycles. The molecule has 0 bridgehead atoms. The summed E-state index contributed by atoms with van der Waals surface area (Å²) < 4.78 is 5.18. The molecule has 0 amide bonds. The highest BCUT2D eigenvalue weighted by atomic mass is 32.2. The lowest BCUT2D eigenvalue weighted by atomic mass is 10.2. The molecule has 2 N–H and O–H groups in total. The van der Waals surface area contributed by atoms with Crippen LogP contribution in [0.25, 0.3) is 0 Å². The summed E-state index contributed by atoms with van der Waals surface area (Å²) in [5.74, 6) is 3.79. The molecule has 0 saturated carbocycles. The molecule has 0 aliphatic carbocycles. The van der Waals surface area contributed by atoms with Crippen molar-refractivity contribution >= 4 is 23.4 Å². The van der Waals surface area contributed by atoms with Crippen LogP contribution in [0.3, 0.4) is 0 Å². The van der Waals surface area contributed by atoms with Crippen LogP contribution in [0, 0.1) is 0 Å². The van der Waals surface area contributed by atoms with Crippen molar-refractivity contribution < 1.29 is 4.74 Å². The highest BCUT2D eigenvalue weighted by Gasteiger charge is 2.26. The molecule has 0 radical (unpaired) electrons. The number of hydrogen-bond donors (Lipinski definition) is 1. The normalized spacial score (nSPS) is 18.5. The number of aliphatic imine (C=N–C) groups is 1. The molecule has 2 rings (SSSR count). The Bertz CT molecular complexity index is 433. The fourth-order valence-electron chi connectivity index (χ4n) is 2.21. The zero-order valence-electron chi connectivity index (χ0n) is 11.5. The summed E-state index contributed by atoms with van der Waals surface area (Å²) in [7, 11) is 1.67. The maximum Gasteiger partial charge on any atom is 0.196 e. The van der Waals surface area contributed by atoms with E-state index in [1.54, 1.807) is 7.11 Å². The van der Waals surface area contributed by atoms with E-state index < -0.39 is 0 Å². The Hall–Kier alpha value is -1.36. The van der Waals surface area contributed by atoms with Gasteiger partial charge < -0.3 is 15.4 Å². The second kappa shape index (κ2) is 6.70. The second-order valence-electron chi connectivity index (χ2n) is 4.41. The fourth-order valence-corrected chi connectivity index (χ4v) is 2.94. The molecule has 4 nitrogen and oxygen atoms in total. The molecule has 104 valence electrons. The number of ether oxygens (including phenoxy) is 1. The van der Waals surface area contributed by atoms with Crippen molar-refractivity contribution in [3.63, 3.8) is 0 Å². The van der Waals surface area contributed by atoms with Gasteiger partial charge in [-0.25, -0.2) is 0 Å². The van der Waals surface area contributed by atoms with Gasteiger partial charge in [-0.15, -0.1) is 0 Å². The number of guanidine groups is 1. The maximum absolute atomic E-state index is 6.01. The summed E-state index contributed by atoms with van der Waals surface area (Å²) in [6.45, 7) is 2.98. The number of anilines is 1. The van der Waals surface area contributed by atoms with Crippen LogP contribution in [0.15, 0.2) is 29.3 Å². The Morgan fingerprint density at radius 1 is 1.42 bits per heavy atom. The molecular formula is C14H21N3OS. The summed E-state index contributed by atoms with van der Waals surface area (Å²) >= 11 is 1.96. The lowest BCUT2D eigenvalue weighted by Crippen LogP contribution is -2.41. The molecule has 0 spiro atoms. The van der Waals surface area contributed by atoms with E-state index in [9.17, 15) is 0 Å². The van der Waals surface area contributed by atoms with Crippen LogP contribution in [-0.4, -0.2) is 37.2 Å². The molecule has 1 aliphatic rings. The standard InChI is InChI=1S/C14H21N3OS/c1-3-19-9-8-12-10-16-14(15)17(12)11-4-6-13(18-2)7-5-11/h4-7,12H,3,8-10H2,1-2H3,(H2,15,16). The Balaban J connectivity index is 2.07. The smallest absolute Gasteiger partial charge is 0.196 e. The van der Waals surface area contributed by atoms with Gasteiger partial charge in [0.05, 0.1) is 19.7 Å². The van der Waals surface area contributed by atoms with Gasteiger partial charge in [-0.2, -0.15) is 11.8 Å². The van der Waals surface area contributed by atoms with Crippen molar-refractivity contribution in [2.24, 2.45) is 10.7 Å². The van der Waals surface area contributed by atoms with Gasteiger partial charge in [-0.05, 0) is 42.2 Å². The number of rotatable bonds is 6. The van der Waals surface area contributed by atoms with Gasteiger partial charge in [-0.3, -0.25) is 4.99 Å². The Labute approximate surface area is 119 Å². The predicted octanol–water partition coefficient (Wildman–Crippen LogP) is 2.34. The van der Waals surface area contributed by atoms with E-state index in [-0.39, 0.29) is 0 Å². The molecule has 0 aromatic heterocycles. The van der Waals surface area contributed by atoms with Gasteiger partial charge in [-0.1, -0.05) is 6.92 Å². The van der Waals surface area contributed by atoms with Crippen LogP contribution < -0.4 is 15.4 Å². The molecule has 1 unspecified atom stereocenters.